The standard InChI is InChI=1S/C14H18BrFO/c1-12(15)14(16)9-5-6-10-17-11-13-7-3-2-4-8-13/h2-4,7-8,14H,1,5-6,9-11H2. The monoisotopic (exact) mass is 300 g/mol. The minimum Gasteiger partial charge on any atom is -0.377 e. The average molecular weight is 301 g/mol. The number of ether oxygens (including phenoxy) is 1. The first-order valence-corrected chi connectivity index (χ1v) is 6.59. The second kappa shape index (κ2) is 8.43. The van der Waals surface area contributed by atoms with E-state index in [4.69, 9.17) is 4.74 Å². The van der Waals surface area contributed by atoms with Crippen molar-refractivity contribution in [1.29, 1.82) is 0 Å². The van der Waals surface area contributed by atoms with E-state index in [1.807, 2.05) is 30.3 Å². The molecule has 1 atom stereocenters. The Kier molecular flexibility index (Phi) is 7.13. The Bertz CT molecular complexity index is 326. The number of rotatable bonds is 8. The summed E-state index contributed by atoms with van der Waals surface area (Å²) < 4.78 is 19.1. The number of unbranched alkanes of at least 4 members (excludes halogenated alkanes) is 1. The van der Waals surface area contributed by atoms with Crippen LogP contribution in [0.3, 0.4) is 0 Å². The number of hydrogen-bond donors (Lipinski definition) is 0. The van der Waals surface area contributed by atoms with E-state index in [2.05, 4.69) is 22.5 Å². The lowest BCUT2D eigenvalue weighted by molar-refractivity contribution is 0.115. The topological polar surface area (TPSA) is 9.23 Å². The van der Waals surface area contributed by atoms with Gasteiger partial charge in [0.1, 0.15) is 6.17 Å². The van der Waals surface area contributed by atoms with Crippen molar-refractivity contribution in [3.63, 3.8) is 0 Å². The Morgan fingerprint density at radius 3 is 2.65 bits per heavy atom. The summed E-state index contributed by atoms with van der Waals surface area (Å²) in [7, 11) is 0. The fourth-order valence-electron chi connectivity index (χ4n) is 1.45. The van der Waals surface area contributed by atoms with E-state index >= 15 is 0 Å². The van der Waals surface area contributed by atoms with Crippen LogP contribution >= 0.6 is 15.9 Å². The summed E-state index contributed by atoms with van der Waals surface area (Å²) in [5.74, 6) is 0. The van der Waals surface area contributed by atoms with Crippen LogP contribution in [0.2, 0.25) is 0 Å². The first-order valence-electron chi connectivity index (χ1n) is 5.80. The molecule has 0 fully saturated rings. The van der Waals surface area contributed by atoms with Crippen molar-refractivity contribution < 1.29 is 9.13 Å². The second-order valence-corrected chi connectivity index (χ2v) is 4.97. The van der Waals surface area contributed by atoms with Gasteiger partial charge in [-0.1, -0.05) is 52.8 Å². The highest BCUT2D eigenvalue weighted by atomic mass is 79.9. The van der Waals surface area contributed by atoms with Crippen molar-refractivity contribution in [2.24, 2.45) is 0 Å². The van der Waals surface area contributed by atoms with Gasteiger partial charge in [0.2, 0.25) is 0 Å². The third-order valence-corrected chi connectivity index (χ3v) is 2.94. The molecule has 0 spiro atoms. The maximum absolute atomic E-state index is 13.1. The predicted octanol–water partition coefficient (Wildman–Crippen LogP) is 4.62. The molecule has 1 rings (SSSR count). The van der Waals surface area contributed by atoms with Crippen LogP contribution in [0.5, 0.6) is 0 Å². The molecule has 0 aliphatic heterocycles. The lowest BCUT2D eigenvalue weighted by Crippen LogP contribution is -2.01. The molecular weight excluding hydrogens is 283 g/mol. The summed E-state index contributed by atoms with van der Waals surface area (Å²) >= 11 is 3.05. The Labute approximate surface area is 111 Å². The van der Waals surface area contributed by atoms with Gasteiger partial charge in [-0.15, -0.1) is 0 Å². The Hall–Kier alpha value is -0.670. The van der Waals surface area contributed by atoms with Crippen LogP contribution in [-0.2, 0) is 11.3 Å². The maximum atomic E-state index is 13.1. The van der Waals surface area contributed by atoms with Crippen LogP contribution < -0.4 is 0 Å². The van der Waals surface area contributed by atoms with Gasteiger partial charge in [-0.25, -0.2) is 4.39 Å². The summed E-state index contributed by atoms with van der Waals surface area (Å²) in [6.07, 6.45) is 1.27. The van der Waals surface area contributed by atoms with Gasteiger partial charge in [0.25, 0.3) is 0 Å². The fourth-order valence-corrected chi connectivity index (χ4v) is 1.68. The van der Waals surface area contributed by atoms with E-state index in [9.17, 15) is 4.39 Å². The van der Waals surface area contributed by atoms with Gasteiger partial charge in [-0.3, -0.25) is 0 Å². The molecule has 0 aliphatic rings. The van der Waals surface area contributed by atoms with Crippen molar-refractivity contribution in [2.45, 2.75) is 32.0 Å². The quantitative estimate of drug-likeness (QED) is 0.637. The van der Waals surface area contributed by atoms with E-state index in [0.29, 0.717) is 24.1 Å². The summed E-state index contributed by atoms with van der Waals surface area (Å²) in [6.45, 7) is 4.83. The summed E-state index contributed by atoms with van der Waals surface area (Å²) in [5.41, 5.74) is 1.17. The summed E-state index contributed by atoms with van der Waals surface area (Å²) in [4.78, 5) is 0. The molecule has 3 heteroatoms. The van der Waals surface area contributed by atoms with Gasteiger partial charge in [0.15, 0.2) is 0 Å². The van der Waals surface area contributed by atoms with Gasteiger partial charge < -0.3 is 4.74 Å². The summed E-state index contributed by atoms with van der Waals surface area (Å²) in [6, 6.07) is 10.0. The molecule has 0 aliphatic carbocycles. The van der Waals surface area contributed by atoms with Gasteiger partial charge in [0.05, 0.1) is 6.61 Å². The van der Waals surface area contributed by atoms with E-state index in [1.54, 1.807) is 0 Å². The Morgan fingerprint density at radius 2 is 2.00 bits per heavy atom. The molecule has 0 bridgehead atoms. The van der Waals surface area contributed by atoms with Crippen molar-refractivity contribution in [1.82, 2.24) is 0 Å². The highest BCUT2D eigenvalue weighted by molar-refractivity contribution is 9.11. The molecule has 0 amide bonds. The normalized spacial score (nSPS) is 12.4. The zero-order valence-electron chi connectivity index (χ0n) is 9.87. The largest absolute Gasteiger partial charge is 0.377 e. The molecule has 0 heterocycles. The molecule has 17 heavy (non-hydrogen) atoms. The predicted molar refractivity (Wildman–Crippen MR) is 72.9 cm³/mol. The molecule has 1 unspecified atom stereocenters. The van der Waals surface area contributed by atoms with Gasteiger partial charge in [-0.2, -0.15) is 0 Å². The first kappa shape index (κ1) is 14.4. The minimum atomic E-state index is -0.941. The van der Waals surface area contributed by atoms with E-state index < -0.39 is 6.17 Å². The van der Waals surface area contributed by atoms with Gasteiger partial charge in [0, 0.05) is 11.1 Å². The number of hydrogen-bond acceptors (Lipinski definition) is 1. The highest BCUT2D eigenvalue weighted by Gasteiger charge is 2.07. The average Bonchev–Trinajstić information content (AvgIpc) is 2.34. The van der Waals surface area contributed by atoms with Crippen LogP contribution in [-0.4, -0.2) is 12.8 Å². The van der Waals surface area contributed by atoms with Crippen LogP contribution in [0, 0.1) is 0 Å². The second-order valence-electron chi connectivity index (χ2n) is 3.95. The minimum absolute atomic E-state index is 0.433. The van der Waals surface area contributed by atoms with Gasteiger partial charge in [-0.05, 0) is 24.8 Å². The van der Waals surface area contributed by atoms with Crippen molar-refractivity contribution >= 4 is 15.9 Å². The third-order valence-electron chi connectivity index (χ3n) is 2.45. The molecule has 1 nitrogen and oxygen atoms in total. The molecule has 1 aromatic rings. The molecule has 0 saturated carbocycles. The molecule has 1 aromatic carbocycles. The van der Waals surface area contributed by atoms with Crippen LogP contribution in [0.1, 0.15) is 24.8 Å². The molecule has 0 radical (unpaired) electrons. The van der Waals surface area contributed by atoms with Crippen molar-refractivity contribution in [3.05, 3.63) is 47.0 Å². The zero-order valence-corrected chi connectivity index (χ0v) is 11.5. The maximum Gasteiger partial charge on any atom is 0.131 e. The van der Waals surface area contributed by atoms with Crippen LogP contribution in [0.25, 0.3) is 0 Å². The van der Waals surface area contributed by atoms with Gasteiger partial charge >= 0.3 is 0 Å². The van der Waals surface area contributed by atoms with E-state index in [-0.39, 0.29) is 0 Å². The van der Waals surface area contributed by atoms with E-state index in [1.165, 1.54) is 5.56 Å². The molecule has 0 saturated heterocycles. The number of allylic oxidation sites excluding steroid dienone is 1. The van der Waals surface area contributed by atoms with Crippen LogP contribution in [0.15, 0.2) is 41.4 Å². The Balaban J connectivity index is 2.00. The lowest BCUT2D eigenvalue weighted by Gasteiger charge is -2.07. The van der Waals surface area contributed by atoms with E-state index in [0.717, 1.165) is 12.8 Å². The Morgan fingerprint density at radius 1 is 1.29 bits per heavy atom. The SMILES string of the molecule is C=C(Br)C(F)CCCCOCc1ccccc1. The molecule has 0 aromatic heterocycles. The van der Waals surface area contributed by atoms with Crippen LogP contribution in [0.4, 0.5) is 4.39 Å². The molecule has 94 valence electrons. The summed E-state index contributed by atoms with van der Waals surface area (Å²) in [5, 5.41) is 0. The smallest absolute Gasteiger partial charge is 0.131 e. The lowest BCUT2D eigenvalue weighted by atomic mass is 10.2. The number of alkyl halides is 1. The number of halogens is 2. The first-order chi connectivity index (χ1) is 8.20. The fraction of sp³-hybridized carbons (Fsp3) is 0.429. The highest BCUT2D eigenvalue weighted by Crippen LogP contribution is 2.17. The van der Waals surface area contributed by atoms with Crippen molar-refractivity contribution in [2.75, 3.05) is 6.61 Å². The molecule has 0 N–H and O–H groups in total. The zero-order chi connectivity index (χ0) is 12.5. The molecular formula is C14H18BrFO. The van der Waals surface area contributed by atoms with Crippen molar-refractivity contribution in [3.8, 4) is 0 Å². The third kappa shape index (κ3) is 6.59. The number of benzene rings is 1.